The van der Waals surface area contributed by atoms with E-state index in [0.29, 0.717) is 18.9 Å². The second-order valence-corrected chi connectivity index (χ2v) is 5.47. The van der Waals surface area contributed by atoms with Crippen molar-refractivity contribution in [1.29, 1.82) is 0 Å². The summed E-state index contributed by atoms with van der Waals surface area (Å²) < 4.78 is 6.98. The monoisotopic (exact) mass is 325 g/mol. The third-order valence-corrected chi connectivity index (χ3v) is 3.62. The zero-order chi connectivity index (χ0) is 17.1. The summed E-state index contributed by atoms with van der Waals surface area (Å²) >= 11 is 0. The fourth-order valence-electron chi connectivity index (χ4n) is 2.37. The van der Waals surface area contributed by atoms with E-state index in [1.54, 1.807) is 22.7 Å². The molecule has 0 radical (unpaired) electrons. The number of rotatable bonds is 5. The van der Waals surface area contributed by atoms with E-state index in [2.05, 4.69) is 15.1 Å². The molecule has 0 saturated carbocycles. The van der Waals surface area contributed by atoms with Crippen LogP contribution in [-0.4, -0.2) is 44.0 Å². The van der Waals surface area contributed by atoms with Crippen LogP contribution in [0.3, 0.4) is 0 Å². The predicted octanol–water partition coefficient (Wildman–Crippen LogP) is 2.10. The molecule has 0 aliphatic rings. The molecule has 0 aliphatic carbocycles. The van der Waals surface area contributed by atoms with Gasteiger partial charge in [-0.2, -0.15) is 4.98 Å². The van der Waals surface area contributed by atoms with Gasteiger partial charge in [0.1, 0.15) is 5.75 Å². The van der Waals surface area contributed by atoms with E-state index in [1.807, 2.05) is 44.2 Å². The molecule has 2 heterocycles. The zero-order valence-corrected chi connectivity index (χ0v) is 13.9. The van der Waals surface area contributed by atoms with Gasteiger partial charge in [0.2, 0.25) is 5.82 Å². The van der Waals surface area contributed by atoms with Crippen LogP contribution in [0.5, 0.6) is 5.75 Å². The summed E-state index contributed by atoms with van der Waals surface area (Å²) in [5, 5.41) is 4.25. The molecular weight excluding hydrogens is 306 g/mol. The zero-order valence-electron chi connectivity index (χ0n) is 13.9. The maximum absolute atomic E-state index is 12.5. The summed E-state index contributed by atoms with van der Waals surface area (Å²) in [6.45, 7) is 4.93. The van der Waals surface area contributed by atoms with Crippen molar-refractivity contribution in [1.82, 2.24) is 24.5 Å². The van der Waals surface area contributed by atoms with E-state index in [-0.39, 0.29) is 11.7 Å². The summed E-state index contributed by atoms with van der Waals surface area (Å²) in [6.07, 6.45) is 1.65. The highest BCUT2D eigenvalue weighted by atomic mass is 16.5. The predicted molar refractivity (Wildman–Crippen MR) is 88.9 cm³/mol. The molecule has 24 heavy (non-hydrogen) atoms. The van der Waals surface area contributed by atoms with Crippen LogP contribution < -0.4 is 4.74 Å². The number of carbonyl (C=O) groups excluding carboxylic acids is 1. The Kier molecular flexibility index (Phi) is 4.41. The largest absolute Gasteiger partial charge is 0.494 e. The van der Waals surface area contributed by atoms with Crippen molar-refractivity contribution in [2.24, 2.45) is 0 Å². The summed E-state index contributed by atoms with van der Waals surface area (Å²) in [4.78, 5) is 22.4. The minimum absolute atomic E-state index is 0.144. The van der Waals surface area contributed by atoms with Gasteiger partial charge in [-0.1, -0.05) is 12.1 Å². The van der Waals surface area contributed by atoms with Gasteiger partial charge in [0.25, 0.3) is 11.7 Å². The van der Waals surface area contributed by atoms with Gasteiger partial charge in [-0.05, 0) is 37.6 Å². The highest BCUT2D eigenvalue weighted by Crippen LogP contribution is 2.14. The third kappa shape index (κ3) is 3.19. The average molecular weight is 325 g/mol. The first-order valence-electron chi connectivity index (χ1n) is 7.74. The number of nitrogens with zero attached hydrogens (tertiary/aromatic N) is 5. The maximum atomic E-state index is 12.5. The molecule has 0 fully saturated rings. The first-order chi connectivity index (χ1) is 11.6. The van der Waals surface area contributed by atoms with E-state index in [4.69, 9.17) is 4.74 Å². The number of aryl methyl sites for hydroxylation is 1. The van der Waals surface area contributed by atoms with Crippen LogP contribution in [0.25, 0.3) is 5.78 Å². The number of fused-ring (bicyclic) bond motifs is 1. The number of benzene rings is 1. The lowest BCUT2D eigenvalue weighted by molar-refractivity contribution is 0.0773. The Labute approximate surface area is 139 Å². The first kappa shape index (κ1) is 15.9. The third-order valence-electron chi connectivity index (χ3n) is 3.62. The molecule has 7 heteroatoms. The van der Waals surface area contributed by atoms with Crippen molar-refractivity contribution in [3.63, 3.8) is 0 Å². The summed E-state index contributed by atoms with van der Waals surface area (Å²) in [5.74, 6) is 1.14. The minimum Gasteiger partial charge on any atom is -0.494 e. The van der Waals surface area contributed by atoms with Crippen LogP contribution in [0.15, 0.2) is 36.5 Å². The molecule has 0 aliphatic heterocycles. The Balaban J connectivity index is 1.74. The highest BCUT2D eigenvalue weighted by molar-refractivity contribution is 5.90. The quantitative estimate of drug-likeness (QED) is 0.718. The molecule has 0 spiro atoms. The van der Waals surface area contributed by atoms with E-state index in [1.165, 1.54) is 0 Å². The van der Waals surface area contributed by atoms with Gasteiger partial charge in [-0.15, -0.1) is 5.10 Å². The molecule has 3 rings (SSSR count). The normalized spacial score (nSPS) is 10.8. The summed E-state index contributed by atoms with van der Waals surface area (Å²) in [5.41, 5.74) is 1.88. The molecule has 1 aromatic carbocycles. The van der Waals surface area contributed by atoms with Crippen LogP contribution in [0, 0.1) is 6.92 Å². The minimum atomic E-state index is -0.242. The fraction of sp³-hybridized carbons (Fsp3) is 0.294. The molecule has 0 bridgehead atoms. The topological polar surface area (TPSA) is 72.6 Å². The van der Waals surface area contributed by atoms with Crippen molar-refractivity contribution in [2.75, 3.05) is 13.7 Å². The average Bonchev–Trinajstić information content (AvgIpc) is 3.02. The first-order valence-corrected chi connectivity index (χ1v) is 7.74. The lowest BCUT2D eigenvalue weighted by Gasteiger charge is -2.15. The molecule has 3 aromatic rings. The molecule has 1 amide bonds. The Hall–Kier alpha value is -2.96. The molecule has 0 unspecified atom stereocenters. The number of hydrogen-bond donors (Lipinski definition) is 0. The van der Waals surface area contributed by atoms with Crippen LogP contribution in [0.2, 0.25) is 0 Å². The van der Waals surface area contributed by atoms with Gasteiger partial charge in [-0.3, -0.25) is 4.79 Å². The van der Waals surface area contributed by atoms with Crippen LogP contribution in [0.4, 0.5) is 0 Å². The second-order valence-electron chi connectivity index (χ2n) is 5.47. The van der Waals surface area contributed by atoms with Crippen LogP contribution in [0.1, 0.15) is 28.8 Å². The highest BCUT2D eigenvalue weighted by Gasteiger charge is 2.18. The molecule has 0 atom stereocenters. The molecular formula is C17H19N5O2. The van der Waals surface area contributed by atoms with Gasteiger partial charge < -0.3 is 9.64 Å². The van der Waals surface area contributed by atoms with Gasteiger partial charge in [0.15, 0.2) is 0 Å². The van der Waals surface area contributed by atoms with Gasteiger partial charge in [0.05, 0.1) is 6.61 Å². The molecule has 0 saturated heterocycles. The Morgan fingerprint density at radius 1 is 1.25 bits per heavy atom. The van der Waals surface area contributed by atoms with Gasteiger partial charge >= 0.3 is 0 Å². The molecule has 124 valence electrons. The van der Waals surface area contributed by atoms with Crippen molar-refractivity contribution in [3.8, 4) is 5.75 Å². The molecule has 0 N–H and O–H groups in total. The Morgan fingerprint density at radius 3 is 2.67 bits per heavy atom. The number of carbonyl (C=O) groups is 1. The van der Waals surface area contributed by atoms with Crippen molar-refractivity contribution in [3.05, 3.63) is 53.6 Å². The SMILES string of the molecule is CCOc1ccc(CN(C)C(=O)c2nc3nccc(C)n3n2)cc1. The van der Waals surface area contributed by atoms with E-state index in [9.17, 15) is 4.79 Å². The Morgan fingerprint density at radius 2 is 2.00 bits per heavy atom. The number of aromatic nitrogens is 4. The second kappa shape index (κ2) is 6.66. The van der Waals surface area contributed by atoms with Gasteiger partial charge in [0, 0.05) is 25.5 Å². The van der Waals surface area contributed by atoms with E-state index in [0.717, 1.165) is 17.0 Å². The van der Waals surface area contributed by atoms with E-state index >= 15 is 0 Å². The lowest BCUT2D eigenvalue weighted by atomic mass is 10.2. The fourth-order valence-corrected chi connectivity index (χ4v) is 2.37. The van der Waals surface area contributed by atoms with Gasteiger partial charge in [-0.25, -0.2) is 9.50 Å². The number of hydrogen-bond acceptors (Lipinski definition) is 5. The molecule has 7 nitrogen and oxygen atoms in total. The maximum Gasteiger partial charge on any atom is 0.293 e. The standard InChI is InChI=1S/C17H19N5O2/c1-4-24-14-7-5-13(6-8-14)11-21(3)16(23)15-19-17-18-10-9-12(2)22(17)20-15/h5-10H,4,11H2,1-3H3. The number of amides is 1. The van der Waals surface area contributed by atoms with E-state index < -0.39 is 0 Å². The smallest absolute Gasteiger partial charge is 0.293 e. The van der Waals surface area contributed by atoms with Crippen molar-refractivity contribution >= 4 is 11.7 Å². The summed E-state index contributed by atoms with van der Waals surface area (Å²) in [6, 6.07) is 9.50. The van der Waals surface area contributed by atoms with Crippen molar-refractivity contribution in [2.45, 2.75) is 20.4 Å². The Bertz CT molecular complexity index is 857. The summed E-state index contributed by atoms with van der Waals surface area (Å²) in [7, 11) is 1.73. The molecule has 2 aromatic heterocycles. The lowest BCUT2D eigenvalue weighted by Crippen LogP contribution is -2.27. The van der Waals surface area contributed by atoms with Crippen LogP contribution in [-0.2, 0) is 6.54 Å². The van der Waals surface area contributed by atoms with Crippen LogP contribution >= 0.6 is 0 Å². The van der Waals surface area contributed by atoms with Crippen molar-refractivity contribution < 1.29 is 9.53 Å². The number of ether oxygens (including phenoxy) is 1.